The summed E-state index contributed by atoms with van der Waals surface area (Å²) >= 11 is 0. The standard InChI is InChI=1S/C20H24N2O3/c1-13(2)19(24)21-16-8-5-9-22(12-16)20(25)17-10-14-6-3-4-7-15(14)11-18(17)23/h3-4,6-7,10-11,13,16,23H,5,8-9,12H2,1-2H3,(H,21,24)/t16-/m1/s1. The van der Waals surface area contributed by atoms with E-state index >= 15 is 0 Å². The van der Waals surface area contributed by atoms with Gasteiger partial charge in [-0.3, -0.25) is 9.59 Å². The van der Waals surface area contributed by atoms with Crippen molar-refractivity contribution < 1.29 is 14.7 Å². The molecule has 0 bridgehead atoms. The van der Waals surface area contributed by atoms with Crippen molar-refractivity contribution in [3.8, 4) is 5.75 Å². The number of carbonyl (C=O) groups excluding carboxylic acids is 2. The van der Waals surface area contributed by atoms with Crippen molar-refractivity contribution in [1.29, 1.82) is 0 Å². The minimum atomic E-state index is -0.188. The molecule has 1 fully saturated rings. The van der Waals surface area contributed by atoms with Gasteiger partial charge in [0, 0.05) is 25.0 Å². The van der Waals surface area contributed by atoms with Crippen molar-refractivity contribution in [1.82, 2.24) is 10.2 Å². The number of aromatic hydroxyl groups is 1. The number of benzene rings is 2. The largest absolute Gasteiger partial charge is 0.507 e. The Morgan fingerprint density at radius 3 is 2.56 bits per heavy atom. The van der Waals surface area contributed by atoms with Gasteiger partial charge in [-0.05, 0) is 35.7 Å². The molecule has 2 amide bonds. The zero-order valence-corrected chi connectivity index (χ0v) is 14.7. The first kappa shape index (κ1) is 17.3. The lowest BCUT2D eigenvalue weighted by molar-refractivity contribution is -0.125. The predicted octanol–water partition coefficient (Wildman–Crippen LogP) is 2.92. The zero-order chi connectivity index (χ0) is 18.0. The maximum absolute atomic E-state index is 12.9. The van der Waals surface area contributed by atoms with E-state index in [0.29, 0.717) is 18.7 Å². The summed E-state index contributed by atoms with van der Waals surface area (Å²) in [4.78, 5) is 26.5. The van der Waals surface area contributed by atoms with Crippen LogP contribution < -0.4 is 5.32 Å². The van der Waals surface area contributed by atoms with Crippen LogP contribution in [-0.4, -0.2) is 41.0 Å². The van der Waals surface area contributed by atoms with Gasteiger partial charge in [-0.1, -0.05) is 38.1 Å². The molecule has 2 aromatic carbocycles. The van der Waals surface area contributed by atoms with Crippen LogP contribution in [-0.2, 0) is 4.79 Å². The van der Waals surface area contributed by atoms with Gasteiger partial charge in [0.2, 0.25) is 5.91 Å². The Labute approximate surface area is 147 Å². The molecule has 3 rings (SSSR count). The quantitative estimate of drug-likeness (QED) is 0.902. The summed E-state index contributed by atoms with van der Waals surface area (Å²) in [6.07, 6.45) is 1.70. The van der Waals surface area contributed by atoms with E-state index < -0.39 is 0 Å². The first-order chi connectivity index (χ1) is 12.0. The molecule has 0 radical (unpaired) electrons. The van der Waals surface area contributed by atoms with E-state index in [-0.39, 0.29) is 29.5 Å². The van der Waals surface area contributed by atoms with E-state index in [4.69, 9.17) is 0 Å². The Kier molecular flexibility index (Phi) is 4.93. The van der Waals surface area contributed by atoms with Gasteiger partial charge in [0.1, 0.15) is 5.75 Å². The Hall–Kier alpha value is -2.56. The number of amides is 2. The SMILES string of the molecule is CC(C)C(=O)N[C@@H]1CCCN(C(=O)c2cc3ccccc3cc2O)C1. The number of piperidine rings is 1. The molecule has 0 aromatic heterocycles. The molecule has 5 nitrogen and oxygen atoms in total. The molecule has 1 heterocycles. The molecule has 0 unspecified atom stereocenters. The molecule has 1 aliphatic rings. The summed E-state index contributed by atoms with van der Waals surface area (Å²) in [5, 5.41) is 15.1. The molecular formula is C20H24N2O3. The average Bonchev–Trinajstić information content (AvgIpc) is 2.60. The van der Waals surface area contributed by atoms with Crippen LogP contribution in [0.15, 0.2) is 36.4 Å². The van der Waals surface area contributed by atoms with Gasteiger partial charge < -0.3 is 15.3 Å². The topological polar surface area (TPSA) is 69.6 Å². The lowest BCUT2D eigenvalue weighted by atomic mass is 10.0. The van der Waals surface area contributed by atoms with E-state index in [2.05, 4.69) is 5.32 Å². The first-order valence-electron chi connectivity index (χ1n) is 8.77. The number of hydrogen-bond acceptors (Lipinski definition) is 3. The van der Waals surface area contributed by atoms with E-state index in [1.54, 1.807) is 17.0 Å². The van der Waals surface area contributed by atoms with Crippen LogP contribution in [0.3, 0.4) is 0 Å². The van der Waals surface area contributed by atoms with Crippen molar-refractivity contribution in [2.75, 3.05) is 13.1 Å². The van der Waals surface area contributed by atoms with Crippen LogP contribution in [0.1, 0.15) is 37.0 Å². The van der Waals surface area contributed by atoms with Crippen LogP contribution in [0.25, 0.3) is 10.8 Å². The highest BCUT2D eigenvalue weighted by atomic mass is 16.3. The number of likely N-dealkylation sites (tertiary alicyclic amines) is 1. The Morgan fingerprint density at radius 2 is 1.88 bits per heavy atom. The summed E-state index contributed by atoms with van der Waals surface area (Å²) in [7, 11) is 0. The molecule has 0 aliphatic carbocycles. The van der Waals surface area contributed by atoms with E-state index in [9.17, 15) is 14.7 Å². The molecule has 132 valence electrons. The normalized spacial score (nSPS) is 17.7. The molecule has 1 aliphatic heterocycles. The third-order valence-corrected chi connectivity index (χ3v) is 4.67. The third-order valence-electron chi connectivity index (χ3n) is 4.67. The van der Waals surface area contributed by atoms with Gasteiger partial charge in [0.15, 0.2) is 0 Å². The van der Waals surface area contributed by atoms with Crippen LogP contribution in [0.4, 0.5) is 0 Å². The van der Waals surface area contributed by atoms with Crippen molar-refractivity contribution in [2.45, 2.75) is 32.7 Å². The molecule has 2 N–H and O–H groups in total. The summed E-state index contributed by atoms with van der Waals surface area (Å²) in [5.41, 5.74) is 0.314. The van der Waals surface area contributed by atoms with Gasteiger partial charge in [0.25, 0.3) is 5.91 Å². The Bertz CT molecular complexity index is 801. The van der Waals surface area contributed by atoms with E-state index in [1.807, 2.05) is 38.1 Å². The molecule has 0 saturated carbocycles. The van der Waals surface area contributed by atoms with Crippen molar-refractivity contribution in [3.05, 3.63) is 42.0 Å². The Balaban J connectivity index is 1.78. The monoisotopic (exact) mass is 340 g/mol. The highest BCUT2D eigenvalue weighted by molar-refractivity contribution is 6.01. The second kappa shape index (κ2) is 7.13. The number of hydrogen-bond donors (Lipinski definition) is 2. The minimum Gasteiger partial charge on any atom is -0.507 e. The van der Waals surface area contributed by atoms with Crippen LogP contribution >= 0.6 is 0 Å². The van der Waals surface area contributed by atoms with E-state index in [0.717, 1.165) is 23.6 Å². The van der Waals surface area contributed by atoms with E-state index in [1.165, 1.54) is 0 Å². The summed E-state index contributed by atoms with van der Waals surface area (Å²) in [6, 6.07) is 11.0. The summed E-state index contributed by atoms with van der Waals surface area (Å²) < 4.78 is 0. The van der Waals surface area contributed by atoms with Gasteiger partial charge >= 0.3 is 0 Å². The maximum Gasteiger partial charge on any atom is 0.257 e. The molecule has 1 atom stereocenters. The highest BCUT2D eigenvalue weighted by Crippen LogP contribution is 2.27. The Morgan fingerprint density at radius 1 is 1.20 bits per heavy atom. The lowest BCUT2D eigenvalue weighted by Crippen LogP contribution is -2.50. The van der Waals surface area contributed by atoms with Crippen LogP contribution in [0, 0.1) is 5.92 Å². The van der Waals surface area contributed by atoms with Gasteiger partial charge in [-0.2, -0.15) is 0 Å². The van der Waals surface area contributed by atoms with Gasteiger partial charge in [-0.15, -0.1) is 0 Å². The summed E-state index contributed by atoms with van der Waals surface area (Å²) in [6.45, 7) is 4.82. The van der Waals surface area contributed by atoms with Crippen LogP contribution in [0.2, 0.25) is 0 Å². The smallest absolute Gasteiger partial charge is 0.257 e. The fourth-order valence-corrected chi connectivity index (χ4v) is 3.22. The molecule has 0 spiro atoms. The predicted molar refractivity (Wildman–Crippen MR) is 97.5 cm³/mol. The second-order valence-electron chi connectivity index (χ2n) is 6.97. The zero-order valence-electron chi connectivity index (χ0n) is 14.7. The summed E-state index contributed by atoms with van der Waals surface area (Å²) in [5.74, 6) is -0.257. The number of nitrogens with one attached hydrogen (secondary N) is 1. The molecule has 1 saturated heterocycles. The number of phenols is 1. The van der Waals surface area contributed by atoms with Crippen molar-refractivity contribution >= 4 is 22.6 Å². The van der Waals surface area contributed by atoms with Crippen molar-refractivity contribution in [3.63, 3.8) is 0 Å². The minimum absolute atomic E-state index is 0.00274. The maximum atomic E-state index is 12.9. The number of phenolic OH excluding ortho intramolecular Hbond substituents is 1. The molecule has 5 heteroatoms. The van der Waals surface area contributed by atoms with Gasteiger partial charge in [0.05, 0.1) is 5.56 Å². The molecule has 2 aromatic rings. The number of nitrogens with zero attached hydrogens (tertiary/aromatic N) is 1. The number of rotatable bonds is 3. The highest BCUT2D eigenvalue weighted by Gasteiger charge is 2.27. The second-order valence-corrected chi connectivity index (χ2v) is 6.97. The van der Waals surface area contributed by atoms with Crippen LogP contribution in [0.5, 0.6) is 5.75 Å². The lowest BCUT2D eigenvalue weighted by Gasteiger charge is -2.33. The molecular weight excluding hydrogens is 316 g/mol. The van der Waals surface area contributed by atoms with Crippen molar-refractivity contribution in [2.24, 2.45) is 5.92 Å². The molecule has 25 heavy (non-hydrogen) atoms. The van der Waals surface area contributed by atoms with Gasteiger partial charge in [-0.25, -0.2) is 0 Å². The fourth-order valence-electron chi connectivity index (χ4n) is 3.22. The number of carbonyl (C=O) groups is 2. The third kappa shape index (κ3) is 3.76. The number of fused-ring (bicyclic) bond motifs is 1. The first-order valence-corrected chi connectivity index (χ1v) is 8.77. The average molecular weight is 340 g/mol. The fraction of sp³-hybridized carbons (Fsp3) is 0.400.